The molecule has 0 aliphatic heterocycles. The summed E-state index contributed by atoms with van der Waals surface area (Å²) < 4.78 is 5.47. The van der Waals surface area contributed by atoms with Crippen LogP contribution in [0.4, 0.5) is 5.82 Å². The third-order valence-electron chi connectivity index (χ3n) is 2.59. The highest BCUT2D eigenvalue weighted by molar-refractivity contribution is 7.80. The number of ether oxygens (including phenoxy) is 1. The second-order valence-corrected chi connectivity index (χ2v) is 4.55. The maximum atomic E-state index is 5.71. The number of unbranched alkanes of at least 4 members (excludes halogenated alkanes) is 1. The van der Waals surface area contributed by atoms with Gasteiger partial charge in [-0.15, -0.1) is 0 Å². The molecular formula is C13H21N3OS. The van der Waals surface area contributed by atoms with E-state index in [2.05, 4.69) is 17.2 Å². The molecular weight excluding hydrogens is 246 g/mol. The number of hydrogen-bond donors (Lipinski definition) is 2. The van der Waals surface area contributed by atoms with Crippen molar-refractivity contribution in [1.82, 2.24) is 4.98 Å². The summed E-state index contributed by atoms with van der Waals surface area (Å²) in [5, 5.41) is 3.21. The van der Waals surface area contributed by atoms with Crippen LogP contribution >= 0.6 is 12.2 Å². The van der Waals surface area contributed by atoms with Gasteiger partial charge in [-0.25, -0.2) is 4.98 Å². The molecule has 0 fully saturated rings. The largest absolute Gasteiger partial charge is 0.389 e. The van der Waals surface area contributed by atoms with E-state index in [9.17, 15) is 0 Å². The van der Waals surface area contributed by atoms with Gasteiger partial charge in [-0.1, -0.05) is 25.6 Å². The average Bonchev–Trinajstić information content (AvgIpc) is 2.33. The van der Waals surface area contributed by atoms with Crippen molar-refractivity contribution in [3.05, 3.63) is 23.4 Å². The summed E-state index contributed by atoms with van der Waals surface area (Å²) >= 11 is 5.04. The maximum Gasteiger partial charge on any atom is 0.136 e. The van der Waals surface area contributed by atoms with Crippen molar-refractivity contribution in [2.24, 2.45) is 5.73 Å². The first-order chi connectivity index (χ1) is 8.66. The number of aromatic nitrogens is 1. The molecule has 0 aromatic carbocycles. The fourth-order valence-corrected chi connectivity index (χ4v) is 1.85. The number of nitrogens with two attached hydrogens (primary N) is 1. The van der Waals surface area contributed by atoms with E-state index in [0.29, 0.717) is 18.1 Å². The van der Waals surface area contributed by atoms with Crippen molar-refractivity contribution in [2.45, 2.75) is 26.7 Å². The van der Waals surface area contributed by atoms with Crippen molar-refractivity contribution in [1.29, 1.82) is 0 Å². The first-order valence-corrected chi connectivity index (χ1v) is 6.64. The number of hydrogen-bond acceptors (Lipinski definition) is 4. The van der Waals surface area contributed by atoms with Gasteiger partial charge >= 0.3 is 0 Å². The number of rotatable bonds is 8. The van der Waals surface area contributed by atoms with E-state index in [1.807, 2.05) is 13.0 Å². The van der Waals surface area contributed by atoms with E-state index in [-0.39, 0.29) is 0 Å². The summed E-state index contributed by atoms with van der Waals surface area (Å²) in [7, 11) is 0. The van der Waals surface area contributed by atoms with Crippen molar-refractivity contribution < 1.29 is 4.74 Å². The molecule has 100 valence electrons. The molecule has 1 aromatic heterocycles. The zero-order valence-electron chi connectivity index (χ0n) is 11.0. The van der Waals surface area contributed by atoms with Gasteiger partial charge in [0.2, 0.25) is 0 Å². The van der Waals surface area contributed by atoms with Crippen LogP contribution in [-0.2, 0) is 4.74 Å². The predicted molar refractivity (Wildman–Crippen MR) is 79.1 cm³/mol. The highest BCUT2D eigenvalue weighted by Gasteiger charge is 2.08. The van der Waals surface area contributed by atoms with Gasteiger partial charge < -0.3 is 15.8 Å². The lowest BCUT2D eigenvalue weighted by Crippen LogP contribution is -2.18. The summed E-state index contributed by atoms with van der Waals surface area (Å²) in [6, 6.07) is 1.90. The van der Waals surface area contributed by atoms with Crippen LogP contribution < -0.4 is 11.1 Å². The molecule has 0 unspecified atom stereocenters. The number of anilines is 1. The standard InChI is InChI=1S/C13H21N3OS/c1-3-4-8-17-9-7-16-13-11(12(14)18)10(2)5-6-15-13/h5-6H,3-4,7-9H2,1-2H3,(H2,14,18)(H,15,16). The van der Waals surface area contributed by atoms with Crippen LogP contribution in [0.1, 0.15) is 30.9 Å². The molecule has 5 heteroatoms. The third-order valence-corrected chi connectivity index (χ3v) is 2.79. The van der Waals surface area contributed by atoms with Crippen molar-refractivity contribution in [3.8, 4) is 0 Å². The Morgan fingerprint density at radius 2 is 2.28 bits per heavy atom. The second kappa shape index (κ2) is 8.00. The Balaban J connectivity index is 2.47. The van der Waals surface area contributed by atoms with E-state index < -0.39 is 0 Å². The van der Waals surface area contributed by atoms with Crippen molar-refractivity contribution >= 4 is 23.0 Å². The average molecular weight is 267 g/mol. The monoisotopic (exact) mass is 267 g/mol. The first-order valence-electron chi connectivity index (χ1n) is 6.23. The fourth-order valence-electron chi connectivity index (χ4n) is 1.59. The molecule has 0 radical (unpaired) electrons. The number of pyridine rings is 1. The molecule has 1 rings (SSSR count). The van der Waals surface area contributed by atoms with Gasteiger partial charge in [-0.2, -0.15) is 0 Å². The summed E-state index contributed by atoms with van der Waals surface area (Å²) in [6.07, 6.45) is 4.00. The smallest absolute Gasteiger partial charge is 0.136 e. The fraction of sp³-hybridized carbons (Fsp3) is 0.538. The molecule has 0 amide bonds. The molecule has 0 atom stereocenters. The van der Waals surface area contributed by atoms with Gasteiger partial charge in [0.05, 0.1) is 12.2 Å². The maximum absolute atomic E-state index is 5.71. The van der Waals surface area contributed by atoms with Crippen LogP contribution in [0.5, 0.6) is 0 Å². The normalized spacial score (nSPS) is 10.3. The molecule has 0 saturated carbocycles. The Kier molecular flexibility index (Phi) is 6.60. The number of thiocarbonyl (C=S) groups is 1. The summed E-state index contributed by atoms with van der Waals surface area (Å²) in [5.74, 6) is 0.738. The number of nitrogens with zero attached hydrogens (tertiary/aromatic N) is 1. The van der Waals surface area contributed by atoms with E-state index in [1.165, 1.54) is 0 Å². The minimum absolute atomic E-state index is 0.370. The van der Waals surface area contributed by atoms with Crippen LogP contribution in [-0.4, -0.2) is 29.7 Å². The summed E-state index contributed by atoms with van der Waals surface area (Å²) in [4.78, 5) is 4.63. The van der Waals surface area contributed by atoms with Crippen LogP contribution in [0.15, 0.2) is 12.3 Å². The van der Waals surface area contributed by atoms with Crippen LogP contribution in [0.2, 0.25) is 0 Å². The molecule has 1 heterocycles. The zero-order chi connectivity index (χ0) is 13.4. The Hall–Kier alpha value is -1.20. The molecule has 0 aliphatic rings. The van der Waals surface area contributed by atoms with E-state index in [1.54, 1.807) is 6.20 Å². The second-order valence-electron chi connectivity index (χ2n) is 4.11. The predicted octanol–water partition coefficient (Wildman–Crippen LogP) is 2.25. The highest BCUT2D eigenvalue weighted by atomic mass is 32.1. The molecule has 0 bridgehead atoms. The topological polar surface area (TPSA) is 60.2 Å². The van der Waals surface area contributed by atoms with Gasteiger partial charge in [-0.3, -0.25) is 0 Å². The summed E-state index contributed by atoms with van der Waals surface area (Å²) in [6.45, 7) is 6.29. The molecule has 1 aromatic rings. The lowest BCUT2D eigenvalue weighted by atomic mass is 10.1. The van der Waals surface area contributed by atoms with Crippen LogP contribution in [0, 0.1) is 6.92 Å². The summed E-state index contributed by atoms with van der Waals surface area (Å²) in [5.41, 5.74) is 7.56. The quantitative estimate of drug-likeness (QED) is 0.559. The molecule has 18 heavy (non-hydrogen) atoms. The molecule has 0 spiro atoms. The van der Waals surface area contributed by atoms with E-state index in [0.717, 1.165) is 36.4 Å². The van der Waals surface area contributed by atoms with Gasteiger partial charge in [-0.05, 0) is 25.0 Å². The van der Waals surface area contributed by atoms with Gasteiger partial charge in [0, 0.05) is 19.3 Å². The van der Waals surface area contributed by atoms with E-state index in [4.69, 9.17) is 22.7 Å². The van der Waals surface area contributed by atoms with Gasteiger partial charge in [0.1, 0.15) is 10.8 Å². The highest BCUT2D eigenvalue weighted by Crippen LogP contribution is 2.15. The van der Waals surface area contributed by atoms with E-state index >= 15 is 0 Å². The Labute approximate surface area is 114 Å². The lowest BCUT2D eigenvalue weighted by molar-refractivity contribution is 0.141. The van der Waals surface area contributed by atoms with Crippen molar-refractivity contribution in [3.63, 3.8) is 0 Å². The minimum atomic E-state index is 0.370. The van der Waals surface area contributed by atoms with Crippen molar-refractivity contribution in [2.75, 3.05) is 25.1 Å². The Bertz CT molecular complexity index is 396. The minimum Gasteiger partial charge on any atom is -0.389 e. The number of aryl methyl sites for hydroxylation is 1. The molecule has 0 saturated heterocycles. The lowest BCUT2D eigenvalue weighted by Gasteiger charge is -2.12. The van der Waals surface area contributed by atoms with Gasteiger partial charge in [0.15, 0.2) is 0 Å². The Morgan fingerprint density at radius 1 is 1.50 bits per heavy atom. The molecule has 0 aliphatic carbocycles. The first kappa shape index (κ1) is 14.9. The van der Waals surface area contributed by atoms with Crippen LogP contribution in [0.25, 0.3) is 0 Å². The SMILES string of the molecule is CCCCOCCNc1nccc(C)c1C(N)=S. The Morgan fingerprint density at radius 3 is 2.94 bits per heavy atom. The molecule has 3 N–H and O–H groups in total. The third kappa shape index (κ3) is 4.58. The zero-order valence-corrected chi connectivity index (χ0v) is 11.8. The van der Waals surface area contributed by atoms with Gasteiger partial charge in [0.25, 0.3) is 0 Å². The van der Waals surface area contributed by atoms with Crippen LogP contribution in [0.3, 0.4) is 0 Å². The number of nitrogens with one attached hydrogen (secondary N) is 1. The molecule has 4 nitrogen and oxygen atoms in total.